The van der Waals surface area contributed by atoms with Crippen LogP contribution in [0, 0.1) is 11.6 Å². The van der Waals surface area contributed by atoms with Crippen molar-refractivity contribution in [2.24, 2.45) is 0 Å². The number of methoxy groups -OCH3 is 1. The van der Waals surface area contributed by atoms with Crippen LogP contribution in [0.15, 0.2) is 42.5 Å². The number of urea groups is 1. The van der Waals surface area contributed by atoms with E-state index in [-0.39, 0.29) is 11.6 Å². The third-order valence-corrected chi connectivity index (χ3v) is 3.69. The van der Waals surface area contributed by atoms with Crippen molar-refractivity contribution in [1.29, 1.82) is 0 Å². The highest BCUT2D eigenvalue weighted by Gasteiger charge is 2.16. The van der Waals surface area contributed by atoms with Crippen molar-refractivity contribution >= 4 is 6.03 Å². The summed E-state index contributed by atoms with van der Waals surface area (Å²) in [5.41, 5.74) is 1.18. The third kappa shape index (κ3) is 4.44. The largest absolute Gasteiger partial charge is 0.497 e. The standard InChI is InChI=1S/C18H20F2N2O2/c1-12(16-9-6-14(19)10-17(16)20)21-18(23)22(2)11-13-4-7-15(24-3)8-5-13/h4-10,12H,11H2,1-3H3,(H,21,23). The summed E-state index contributed by atoms with van der Waals surface area (Å²) in [6, 6.07) is 9.76. The van der Waals surface area contributed by atoms with Gasteiger partial charge in [0.15, 0.2) is 0 Å². The Morgan fingerprint density at radius 2 is 1.88 bits per heavy atom. The Balaban J connectivity index is 1.97. The fourth-order valence-electron chi connectivity index (χ4n) is 2.30. The van der Waals surface area contributed by atoms with Gasteiger partial charge in [0, 0.05) is 25.2 Å². The summed E-state index contributed by atoms with van der Waals surface area (Å²) in [6.07, 6.45) is 0. The molecule has 4 nitrogen and oxygen atoms in total. The smallest absolute Gasteiger partial charge is 0.317 e. The first kappa shape index (κ1) is 17.7. The summed E-state index contributed by atoms with van der Waals surface area (Å²) in [4.78, 5) is 13.7. The molecule has 24 heavy (non-hydrogen) atoms. The Kier molecular flexibility index (Phi) is 5.73. The topological polar surface area (TPSA) is 41.6 Å². The molecule has 1 unspecified atom stereocenters. The van der Waals surface area contributed by atoms with E-state index in [1.807, 2.05) is 24.3 Å². The lowest BCUT2D eigenvalue weighted by molar-refractivity contribution is 0.203. The average molecular weight is 334 g/mol. The Bertz CT molecular complexity index is 705. The van der Waals surface area contributed by atoms with Gasteiger partial charge in [0.25, 0.3) is 0 Å². The second kappa shape index (κ2) is 7.77. The minimum Gasteiger partial charge on any atom is -0.497 e. The molecule has 2 rings (SSSR count). The van der Waals surface area contributed by atoms with Crippen molar-refractivity contribution in [3.8, 4) is 5.75 Å². The summed E-state index contributed by atoms with van der Waals surface area (Å²) in [7, 11) is 3.23. The number of nitrogens with zero attached hydrogens (tertiary/aromatic N) is 1. The molecule has 0 aliphatic rings. The lowest BCUT2D eigenvalue weighted by Crippen LogP contribution is -2.38. The van der Waals surface area contributed by atoms with Crippen LogP contribution in [-0.4, -0.2) is 25.1 Å². The number of hydrogen-bond acceptors (Lipinski definition) is 2. The number of nitrogens with one attached hydrogen (secondary N) is 1. The molecule has 1 N–H and O–H groups in total. The first-order valence-electron chi connectivity index (χ1n) is 7.50. The number of ether oxygens (including phenoxy) is 1. The fraction of sp³-hybridized carbons (Fsp3) is 0.278. The van der Waals surface area contributed by atoms with E-state index in [1.54, 1.807) is 21.1 Å². The molecule has 0 fully saturated rings. The van der Waals surface area contributed by atoms with Gasteiger partial charge in [-0.15, -0.1) is 0 Å². The molecule has 0 aliphatic carbocycles. The lowest BCUT2D eigenvalue weighted by atomic mass is 10.1. The number of rotatable bonds is 5. The maximum Gasteiger partial charge on any atom is 0.317 e. The van der Waals surface area contributed by atoms with Gasteiger partial charge in [0.2, 0.25) is 0 Å². The Morgan fingerprint density at radius 3 is 2.46 bits per heavy atom. The number of halogens is 2. The molecule has 2 aromatic carbocycles. The third-order valence-electron chi connectivity index (χ3n) is 3.69. The van der Waals surface area contributed by atoms with Crippen molar-refractivity contribution in [2.45, 2.75) is 19.5 Å². The highest BCUT2D eigenvalue weighted by molar-refractivity contribution is 5.74. The Labute approximate surface area is 140 Å². The summed E-state index contributed by atoms with van der Waals surface area (Å²) in [5, 5.41) is 2.70. The minimum atomic E-state index is -0.680. The van der Waals surface area contributed by atoms with Crippen molar-refractivity contribution < 1.29 is 18.3 Å². The van der Waals surface area contributed by atoms with Gasteiger partial charge in [-0.1, -0.05) is 18.2 Å². The van der Waals surface area contributed by atoms with Crippen molar-refractivity contribution in [1.82, 2.24) is 10.2 Å². The molecule has 0 heterocycles. The zero-order valence-corrected chi connectivity index (χ0v) is 13.8. The molecule has 0 bridgehead atoms. The molecule has 0 spiro atoms. The highest BCUT2D eigenvalue weighted by atomic mass is 19.1. The summed E-state index contributed by atoms with van der Waals surface area (Å²) in [6.45, 7) is 2.05. The van der Waals surface area contributed by atoms with E-state index in [4.69, 9.17) is 4.74 Å². The van der Waals surface area contributed by atoms with Gasteiger partial charge in [-0.25, -0.2) is 13.6 Å². The van der Waals surface area contributed by atoms with E-state index in [9.17, 15) is 13.6 Å². The summed E-state index contributed by atoms with van der Waals surface area (Å²) in [5.74, 6) is -0.585. The van der Waals surface area contributed by atoms with Crippen LogP contribution in [-0.2, 0) is 6.54 Å². The van der Waals surface area contributed by atoms with Crippen molar-refractivity contribution in [3.05, 3.63) is 65.2 Å². The van der Waals surface area contributed by atoms with Crippen LogP contribution < -0.4 is 10.1 Å². The first-order chi connectivity index (χ1) is 11.4. The van der Waals surface area contributed by atoms with Crippen molar-refractivity contribution in [2.75, 3.05) is 14.2 Å². The molecule has 0 saturated heterocycles. The predicted octanol–water partition coefficient (Wildman–Crippen LogP) is 3.88. The SMILES string of the molecule is COc1ccc(CN(C)C(=O)NC(C)c2ccc(F)cc2F)cc1. The molecular formula is C18H20F2N2O2. The van der Waals surface area contributed by atoms with Gasteiger partial charge in [-0.3, -0.25) is 0 Å². The van der Waals surface area contributed by atoms with Crippen LogP contribution in [0.1, 0.15) is 24.1 Å². The fourth-order valence-corrected chi connectivity index (χ4v) is 2.30. The maximum atomic E-state index is 13.8. The predicted molar refractivity (Wildman–Crippen MR) is 87.8 cm³/mol. The van der Waals surface area contributed by atoms with E-state index in [0.29, 0.717) is 6.54 Å². The van der Waals surface area contributed by atoms with E-state index in [1.165, 1.54) is 17.0 Å². The van der Waals surface area contributed by atoms with Crippen LogP contribution in [0.5, 0.6) is 5.75 Å². The number of amides is 2. The summed E-state index contributed by atoms with van der Waals surface area (Å²) < 4.78 is 31.8. The normalized spacial score (nSPS) is 11.7. The molecule has 0 aromatic heterocycles. The molecular weight excluding hydrogens is 314 g/mol. The zero-order chi connectivity index (χ0) is 17.7. The molecule has 6 heteroatoms. The maximum absolute atomic E-state index is 13.8. The highest BCUT2D eigenvalue weighted by Crippen LogP contribution is 2.18. The van der Waals surface area contributed by atoms with E-state index < -0.39 is 17.7 Å². The lowest BCUT2D eigenvalue weighted by Gasteiger charge is -2.22. The first-order valence-corrected chi connectivity index (χ1v) is 7.50. The monoisotopic (exact) mass is 334 g/mol. The van der Waals surface area contributed by atoms with Crippen LogP contribution in [0.4, 0.5) is 13.6 Å². The molecule has 2 aromatic rings. The van der Waals surface area contributed by atoms with E-state index in [0.717, 1.165) is 17.4 Å². The number of carbonyl (C=O) groups excluding carboxylic acids is 1. The van der Waals surface area contributed by atoms with Crippen LogP contribution in [0.3, 0.4) is 0 Å². The quantitative estimate of drug-likeness (QED) is 0.902. The minimum absolute atomic E-state index is 0.239. The number of carbonyl (C=O) groups is 1. The molecule has 1 atom stereocenters. The molecule has 0 aliphatic heterocycles. The van der Waals surface area contributed by atoms with Gasteiger partial charge >= 0.3 is 6.03 Å². The van der Waals surface area contributed by atoms with Crippen LogP contribution in [0.2, 0.25) is 0 Å². The Hall–Kier alpha value is -2.63. The summed E-state index contributed by atoms with van der Waals surface area (Å²) >= 11 is 0. The Morgan fingerprint density at radius 1 is 1.21 bits per heavy atom. The second-order valence-electron chi connectivity index (χ2n) is 5.54. The van der Waals surface area contributed by atoms with Gasteiger partial charge in [-0.05, 0) is 30.7 Å². The van der Waals surface area contributed by atoms with E-state index in [2.05, 4.69) is 5.32 Å². The average Bonchev–Trinajstić information content (AvgIpc) is 2.55. The molecule has 128 valence electrons. The molecule has 0 saturated carbocycles. The zero-order valence-electron chi connectivity index (χ0n) is 13.8. The van der Waals surface area contributed by atoms with Gasteiger partial charge in [-0.2, -0.15) is 0 Å². The van der Waals surface area contributed by atoms with Crippen LogP contribution in [0.25, 0.3) is 0 Å². The van der Waals surface area contributed by atoms with Gasteiger partial charge in [0.05, 0.1) is 13.2 Å². The second-order valence-corrected chi connectivity index (χ2v) is 5.54. The number of hydrogen-bond donors (Lipinski definition) is 1. The molecule has 2 amide bonds. The van der Waals surface area contributed by atoms with Crippen molar-refractivity contribution in [3.63, 3.8) is 0 Å². The molecule has 0 radical (unpaired) electrons. The van der Waals surface area contributed by atoms with Crippen LogP contribution >= 0.6 is 0 Å². The number of benzene rings is 2. The van der Waals surface area contributed by atoms with E-state index >= 15 is 0 Å². The van der Waals surface area contributed by atoms with Gasteiger partial charge < -0.3 is 15.0 Å². The van der Waals surface area contributed by atoms with Gasteiger partial charge in [0.1, 0.15) is 17.4 Å².